The van der Waals surface area contributed by atoms with E-state index in [4.69, 9.17) is 10.6 Å². The number of hydrazine groups is 1. The van der Waals surface area contributed by atoms with Gasteiger partial charge in [-0.25, -0.2) is 4.98 Å². The average molecular weight is 159 g/mol. The Bertz CT molecular complexity index is 201. The minimum Gasteiger partial charge on any atom is -0.473 e. The number of nitrogens with two attached hydrogens (primary N) is 1. The molecule has 3 N–H and O–H groups in total. The van der Waals surface area contributed by atoms with Crippen molar-refractivity contribution in [3.05, 3.63) is 11.1 Å². The van der Waals surface area contributed by atoms with Gasteiger partial charge in [0.1, 0.15) is 0 Å². The van der Waals surface area contributed by atoms with Crippen molar-refractivity contribution >= 4 is 11.3 Å². The summed E-state index contributed by atoms with van der Waals surface area (Å²) < 4.78 is 4.88. The normalized spacial score (nSPS) is 9.80. The molecule has 56 valence electrons. The first-order valence-corrected chi connectivity index (χ1v) is 3.60. The average Bonchev–Trinajstić information content (AvgIpc) is 2.37. The standard InChI is InChI=1S/C5H9N3OS/c1-9-5-7-2-4(10-5)3-8-6/h2,8H,3,6H2,1H3. The number of nitrogens with zero attached hydrogens (tertiary/aromatic N) is 1. The van der Waals surface area contributed by atoms with E-state index in [-0.39, 0.29) is 0 Å². The zero-order valence-corrected chi connectivity index (χ0v) is 6.44. The lowest BCUT2D eigenvalue weighted by Crippen LogP contribution is -2.19. The van der Waals surface area contributed by atoms with E-state index in [2.05, 4.69) is 10.4 Å². The second kappa shape index (κ2) is 3.50. The summed E-state index contributed by atoms with van der Waals surface area (Å²) in [4.78, 5) is 5.02. The van der Waals surface area contributed by atoms with Crippen LogP contribution in [0.4, 0.5) is 0 Å². The molecule has 0 aliphatic heterocycles. The molecule has 0 aliphatic carbocycles. The Balaban J connectivity index is 2.59. The second-order valence-corrected chi connectivity index (χ2v) is 2.76. The van der Waals surface area contributed by atoms with Gasteiger partial charge in [0, 0.05) is 17.6 Å². The third-order valence-corrected chi connectivity index (χ3v) is 1.94. The van der Waals surface area contributed by atoms with Gasteiger partial charge < -0.3 is 4.74 Å². The first-order chi connectivity index (χ1) is 4.86. The third-order valence-electron chi connectivity index (χ3n) is 0.983. The Morgan fingerprint density at radius 2 is 2.70 bits per heavy atom. The van der Waals surface area contributed by atoms with E-state index < -0.39 is 0 Å². The van der Waals surface area contributed by atoms with E-state index in [1.54, 1.807) is 13.3 Å². The molecule has 0 aromatic carbocycles. The van der Waals surface area contributed by atoms with E-state index in [1.807, 2.05) is 0 Å². The van der Waals surface area contributed by atoms with Crippen LogP contribution in [0.1, 0.15) is 4.88 Å². The van der Waals surface area contributed by atoms with Gasteiger partial charge >= 0.3 is 0 Å². The second-order valence-electron chi connectivity index (χ2n) is 1.68. The number of hydrogen-bond donors (Lipinski definition) is 2. The summed E-state index contributed by atoms with van der Waals surface area (Å²) in [6.07, 6.45) is 1.74. The summed E-state index contributed by atoms with van der Waals surface area (Å²) in [7, 11) is 1.60. The van der Waals surface area contributed by atoms with Crippen LogP contribution >= 0.6 is 11.3 Å². The van der Waals surface area contributed by atoms with Crippen molar-refractivity contribution < 1.29 is 4.74 Å². The van der Waals surface area contributed by atoms with Crippen molar-refractivity contribution in [2.45, 2.75) is 6.54 Å². The highest BCUT2D eigenvalue weighted by Crippen LogP contribution is 2.18. The van der Waals surface area contributed by atoms with Crippen LogP contribution in [0, 0.1) is 0 Å². The first kappa shape index (κ1) is 7.46. The van der Waals surface area contributed by atoms with Crippen LogP contribution in [0.2, 0.25) is 0 Å². The van der Waals surface area contributed by atoms with Gasteiger partial charge in [0.05, 0.1) is 7.11 Å². The zero-order valence-electron chi connectivity index (χ0n) is 5.63. The summed E-state index contributed by atoms with van der Waals surface area (Å²) >= 11 is 1.48. The molecule has 0 amide bonds. The molecule has 0 spiro atoms. The fourth-order valence-electron chi connectivity index (χ4n) is 0.566. The fraction of sp³-hybridized carbons (Fsp3) is 0.400. The lowest BCUT2D eigenvalue weighted by Gasteiger charge is -1.90. The highest BCUT2D eigenvalue weighted by atomic mass is 32.1. The van der Waals surface area contributed by atoms with Gasteiger partial charge in [0.2, 0.25) is 0 Å². The van der Waals surface area contributed by atoms with Crippen molar-refractivity contribution in [2.75, 3.05) is 7.11 Å². The van der Waals surface area contributed by atoms with Crippen LogP contribution in [-0.4, -0.2) is 12.1 Å². The van der Waals surface area contributed by atoms with E-state index in [1.165, 1.54) is 11.3 Å². The number of nitrogens with one attached hydrogen (secondary N) is 1. The van der Waals surface area contributed by atoms with Gasteiger partial charge in [0.25, 0.3) is 5.19 Å². The molecule has 1 aromatic rings. The maximum absolute atomic E-state index is 5.10. The molecular weight excluding hydrogens is 150 g/mol. The molecule has 0 unspecified atom stereocenters. The Hall–Kier alpha value is -0.650. The van der Waals surface area contributed by atoms with Crippen LogP contribution in [-0.2, 0) is 6.54 Å². The van der Waals surface area contributed by atoms with Gasteiger partial charge in [-0.2, -0.15) is 0 Å². The lowest BCUT2D eigenvalue weighted by atomic mass is 10.6. The lowest BCUT2D eigenvalue weighted by molar-refractivity contribution is 0.412. The van der Waals surface area contributed by atoms with Crippen LogP contribution < -0.4 is 16.0 Å². The highest BCUT2D eigenvalue weighted by Gasteiger charge is 1.98. The molecule has 0 radical (unpaired) electrons. The fourth-order valence-corrected chi connectivity index (χ4v) is 1.24. The summed E-state index contributed by atoms with van der Waals surface area (Å²) in [5, 5.41) is 0.672. The number of hydrogen-bond acceptors (Lipinski definition) is 5. The predicted molar refractivity (Wildman–Crippen MR) is 39.7 cm³/mol. The molecule has 5 heteroatoms. The van der Waals surface area contributed by atoms with Crippen molar-refractivity contribution in [2.24, 2.45) is 5.84 Å². The predicted octanol–water partition coefficient (Wildman–Crippen LogP) is 0.115. The summed E-state index contributed by atoms with van der Waals surface area (Å²) in [6, 6.07) is 0. The Morgan fingerprint density at radius 1 is 1.90 bits per heavy atom. The first-order valence-electron chi connectivity index (χ1n) is 2.79. The number of aromatic nitrogens is 1. The number of methoxy groups -OCH3 is 1. The SMILES string of the molecule is COc1ncc(CNN)s1. The minimum atomic E-state index is 0.640. The molecule has 1 aromatic heterocycles. The highest BCUT2D eigenvalue weighted by molar-refractivity contribution is 7.13. The molecular formula is C5H9N3OS. The molecule has 0 aliphatic rings. The molecule has 0 saturated carbocycles. The van der Waals surface area contributed by atoms with Gasteiger partial charge in [-0.1, -0.05) is 11.3 Å². The van der Waals surface area contributed by atoms with E-state index in [0.29, 0.717) is 11.7 Å². The van der Waals surface area contributed by atoms with Crippen LogP contribution in [0.25, 0.3) is 0 Å². The number of ether oxygens (including phenoxy) is 1. The summed E-state index contributed by atoms with van der Waals surface area (Å²) in [5.41, 5.74) is 2.54. The third kappa shape index (κ3) is 1.66. The topological polar surface area (TPSA) is 60.2 Å². The minimum absolute atomic E-state index is 0.640. The van der Waals surface area contributed by atoms with Crippen molar-refractivity contribution in [3.63, 3.8) is 0 Å². The molecule has 0 saturated heterocycles. The molecule has 4 nitrogen and oxygen atoms in total. The quantitative estimate of drug-likeness (QED) is 0.485. The smallest absolute Gasteiger partial charge is 0.273 e. The Labute approximate surface area is 63.0 Å². The van der Waals surface area contributed by atoms with Crippen molar-refractivity contribution in [1.82, 2.24) is 10.4 Å². The van der Waals surface area contributed by atoms with E-state index in [9.17, 15) is 0 Å². The Morgan fingerprint density at radius 3 is 3.20 bits per heavy atom. The molecule has 1 rings (SSSR count). The van der Waals surface area contributed by atoms with Crippen molar-refractivity contribution in [1.29, 1.82) is 0 Å². The van der Waals surface area contributed by atoms with Crippen molar-refractivity contribution in [3.8, 4) is 5.19 Å². The van der Waals surface area contributed by atoms with Gasteiger partial charge in [-0.3, -0.25) is 11.3 Å². The maximum atomic E-state index is 5.10. The van der Waals surface area contributed by atoms with Crippen LogP contribution in [0.15, 0.2) is 6.20 Å². The number of thiazole rings is 1. The summed E-state index contributed by atoms with van der Waals surface area (Å²) in [5.74, 6) is 5.10. The van der Waals surface area contributed by atoms with E-state index >= 15 is 0 Å². The number of rotatable bonds is 3. The molecule has 10 heavy (non-hydrogen) atoms. The molecule has 0 atom stereocenters. The largest absolute Gasteiger partial charge is 0.473 e. The monoisotopic (exact) mass is 159 g/mol. The van der Waals surface area contributed by atoms with Gasteiger partial charge in [0.15, 0.2) is 0 Å². The van der Waals surface area contributed by atoms with Gasteiger partial charge in [-0.05, 0) is 0 Å². The van der Waals surface area contributed by atoms with Gasteiger partial charge in [-0.15, -0.1) is 0 Å². The molecule has 0 bridgehead atoms. The van der Waals surface area contributed by atoms with Crippen LogP contribution in [0.5, 0.6) is 5.19 Å². The molecule has 1 heterocycles. The van der Waals surface area contributed by atoms with E-state index in [0.717, 1.165) is 4.88 Å². The zero-order chi connectivity index (χ0) is 7.40. The summed E-state index contributed by atoms with van der Waals surface area (Å²) in [6.45, 7) is 0.640. The Kier molecular flexibility index (Phi) is 2.61. The molecule has 0 fully saturated rings. The maximum Gasteiger partial charge on any atom is 0.273 e. The van der Waals surface area contributed by atoms with Crippen LogP contribution in [0.3, 0.4) is 0 Å².